The highest BCUT2D eigenvalue weighted by Gasteiger charge is 2.21. The molecule has 1 N–H and O–H groups in total. The standard InChI is InChI=1S/C20H19N3O2S2/c1-13-18(27-20(22-13)15-8-10-26-12-15)19(25)21-11-14-4-6-16(7-5-14)23-9-2-3-17(23)24/h4-8,10,12H,2-3,9,11H2,1H3,(H,21,25). The molecule has 3 heterocycles. The zero-order valence-electron chi connectivity index (χ0n) is 14.9. The van der Waals surface area contributed by atoms with Crippen LogP contribution in [0.5, 0.6) is 0 Å². The Morgan fingerprint density at radius 2 is 2.07 bits per heavy atom. The SMILES string of the molecule is Cc1nc(-c2ccsc2)sc1C(=O)NCc1ccc(N2CCCC2=O)cc1. The molecule has 0 unspecified atom stereocenters. The Bertz CT molecular complexity index is 962. The summed E-state index contributed by atoms with van der Waals surface area (Å²) in [5.74, 6) is 0.0726. The smallest absolute Gasteiger partial charge is 0.263 e. The van der Waals surface area contributed by atoms with E-state index >= 15 is 0 Å². The Balaban J connectivity index is 1.40. The molecule has 1 aromatic carbocycles. The van der Waals surface area contributed by atoms with E-state index < -0.39 is 0 Å². The van der Waals surface area contributed by atoms with Crippen molar-refractivity contribution in [3.05, 3.63) is 57.2 Å². The van der Waals surface area contributed by atoms with Gasteiger partial charge in [0.15, 0.2) is 0 Å². The molecule has 1 aliphatic rings. The molecule has 138 valence electrons. The molecule has 1 saturated heterocycles. The van der Waals surface area contributed by atoms with Crippen LogP contribution in [0.1, 0.15) is 33.8 Å². The second kappa shape index (κ2) is 7.62. The molecule has 2 aromatic heterocycles. The Labute approximate surface area is 165 Å². The number of nitrogens with one attached hydrogen (secondary N) is 1. The van der Waals surface area contributed by atoms with E-state index in [-0.39, 0.29) is 11.8 Å². The Morgan fingerprint density at radius 1 is 1.26 bits per heavy atom. The number of thiazole rings is 1. The van der Waals surface area contributed by atoms with Crippen LogP contribution in [0.25, 0.3) is 10.6 Å². The van der Waals surface area contributed by atoms with Crippen molar-refractivity contribution in [2.75, 3.05) is 11.4 Å². The number of carbonyl (C=O) groups excluding carboxylic acids is 2. The number of anilines is 1. The van der Waals surface area contributed by atoms with Crippen LogP contribution >= 0.6 is 22.7 Å². The molecule has 2 amide bonds. The van der Waals surface area contributed by atoms with Crippen molar-refractivity contribution in [3.63, 3.8) is 0 Å². The molecule has 0 bridgehead atoms. The van der Waals surface area contributed by atoms with E-state index in [1.165, 1.54) is 11.3 Å². The van der Waals surface area contributed by atoms with Gasteiger partial charge >= 0.3 is 0 Å². The number of aryl methyl sites for hydroxylation is 1. The molecular weight excluding hydrogens is 378 g/mol. The van der Waals surface area contributed by atoms with E-state index in [2.05, 4.69) is 10.3 Å². The van der Waals surface area contributed by atoms with Crippen LogP contribution in [0.4, 0.5) is 5.69 Å². The molecule has 0 aliphatic carbocycles. The monoisotopic (exact) mass is 397 g/mol. The average molecular weight is 398 g/mol. The van der Waals surface area contributed by atoms with Gasteiger partial charge in [-0.2, -0.15) is 11.3 Å². The van der Waals surface area contributed by atoms with Gasteiger partial charge in [-0.05, 0) is 42.5 Å². The van der Waals surface area contributed by atoms with Crippen LogP contribution in [0.15, 0.2) is 41.1 Å². The summed E-state index contributed by atoms with van der Waals surface area (Å²) in [4.78, 5) is 31.3. The highest BCUT2D eigenvalue weighted by Crippen LogP contribution is 2.29. The van der Waals surface area contributed by atoms with E-state index in [1.807, 2.05) is 52.9 Å². The topological polar surface area (TPSA) is 62.3 Å². The van der Waals surface area contributed by atoms with Crippen LogP contribution in [0.2, 0.25) is 0 Å². The normalized spacial score (nSPS) is 14.0. The minimum absolute atomic E-state index is 0.106. The fourth-order valence-electron chi connectivity index (χ4n) is 3.09. The Morgan fingerprint density at radius 3 is 2.74 bits per heavy atom. The predicted octanol–water partition coefficient (Wildman–Crippen LogP) is 4.24. The fraction of sp³-hybridized carbons (Fsp3) is 0.250. The molecule has 7 heteroatoms. The number of aromatic nitrogens is 1. The lowest BCUT2D eigenvalue weighted by Crippen LogP contribution is -2.24. The van der Waals surface area contributed by atoms with E-state index in [4.69, 9.17) is 0 Å². The van der Waals surface area contributed by atoms with Crippen LogP contribution in [-0.2, 0) is 11.3 Å². The Kier molecular flexibility index (Phi) is 5.05. The van der Waals surface area contributed by atoms with E-state index in [0.717, 1.165) is 40.5 Å². The van der Waals surface area contributed by atoms with Gasteiger partial charge in [-0.1, -0.05) is 12.1 Å². The molecule has 4 rings (SSSR count). The number of hydrogen-bond donors (Lipinski definition) is 1. The van der Waals surface area contributed by atoms with Crippen molar-refractivity contribution in [2.24, 2.45) is 0 Å². The predicted molar refractivity (Wildman–Crippen MR) is 109 cm³/mol. The van der Waals surface area contributed by atoms with Gasteiger partial charge in [0.25, 0.3) is 5.91 Å². The number of nitrogens with zero attached hydrogens (tertiary/aromatic N) is 2. The van der Waals surface area contributed by atoms with Gasteiger partial charge in [0.2, 0.25) is 5.91 Å². The molecule has 3 aromatic rings. The summed E-state index contributed by atoms with van der Waals surface area (Å²) in [7, 11) is 0. The lowest BCUT2D eigenvalue weighted by molar-refractivity contribution is -0.117. The second-order valence-electron chi connectivity index (χ2n) is 6.44. The minimum Gasteiger partial charge on any atom is -0.347 e. The second-order valence-corrected chi connectivity index (χ2v) is 8.22. The third-order valence-corrected chi connectivity index (χ3v) is 6.43. The van der Waals surface area contributed by atoms with Crippen LogP contribution in [0.3, 0.4) is 0 Å². The molecule has 0 spiro atoms. The summed E-state index contributed by atoms with van der Waals surface area (Å²) >= 11 is 3.04. The maximum atomic E-state index is 12.5. The van der Waals surface area contributed by atoms with E-state index in [1.54, 1.807) is 11.3 Å². The van der Waals surface area contributed by atoms with Gasteiger partial charge in [-0.25, -0.2) is 4.98 Å². The van der Waals surface area contributed by atoms with E-state index in [0.29, 0.717) is 17.8 Å². The zero-order chi connectivity index (χ0) is 18.8. The van der Waals surface area contributed by atoms with Crippen LogP contribution in [-0.4, -0.2) is 23.3 Å². The van der Waals surface area contributed by atoms with Gasteiger partial charge in [-0.3, -0.25) is 9.59 Å². The lowest BCUT2D eigenvalue weighted by atomic mass is 10.2. The van der Waals surface area contributed by atoms with Crippen molar-refractivity contribution in [1.82, 2.24) is 10.3 Å². The number of benzene rings is 1. The van der Waals surface area contributed by atoms with Gasteiger partial charge in [0.1, 0.15) is 9.88 Å². The first kappa shape index (κ1) is 17.9. The summed E-state index contributed by atoms with van der Waals surface area (Å²) in [6, 6.07) is 9.81. The van der Waals surface area contributed by atoms with Gasteiger partial charge < -0.3 is 10.2 Å². The number of thiophene rings is 1. The third kappa shape index (κ3) is 3.79. The first-order chi connectivity index (χ1) is 13.1. The summed E-state index contributed by atoms with van der Waals surface area (Å²) in [6.45, 7) is 3.09. The number of carbonyl (C=O) groups is 2. The maximum absolute atomic E-state index is 12.5. The number of rotatable bonds is 5. The molecule has 0 saturated carbocycles. The Hall–Kier alpha value is -2.51. The first-order valence-electron chi connectivity index (χ1n) is 8.79. The lowest BCUT2D eigenvalue weighted by Gasteiger charge is -2.16. The first-order valence-corrected chi connectivity index (χ1v) is 10.6. The number of hydrogen-bond acceptors (Lipinski definition) is 5. The van der Waals surface area contributed by atoms with Gasteiger partial charge in [0.05, 0.1) is 5.69 Å². The van der Waals surface area contributed by atoms with Gasteiger partial charge in [0, 0.05) is 36.1 Å². The molecular formula is C20H19N3O2S2. The summed E-state index contributed by atoms with van der Waals surface area (Å²) in [5.41, 5.74) is 3.73. The van der Waals surface area contributed by atoms with Crippen LogP contribution in [0, 0.1) is 6.92 Å². The van der Waals surface area contributed by atoms with Crippen molar-refractivity contribution < 1.29 is 9.59 Å². The molecule has 5 nitrogen and oxygen atoms in total. The molecule has 27 heavy (non-hydrogen) atoms. The highest BCUT2D eigenvalue weighted by atomic mass is 32.1. The highest BCUT2D eigenvalue weighted by molar-refractivity contribution is 7.17. The minimum atomic E-state index is -0.106. The third-order valence-electron chi connectivity index (χ3n) is 4.55. The van der Waals surface area contributed by atoms with Crippen molar-refractivity contribution in [1.29, 1.82) is 0 Å². The van der Waals surface area contributed by atoms with Crippen molar-refractivity contribution in [2.45, 2.75) is 26.3 Å². The van der Waals surface area contributed by atoms with Gasteiger partial charge in [-0.15, -0.1) is 11.3 Å². The summed E-state index contributed by atoms with van der Waals surface area (Å²) in [6.07, 6.45) is 1.54. The summed E-state index contributed by atoms with van der Waals surface area (Å²) in [5, 5.41) is 7.88. The largest absolute Gasteiger partial charge is 0.347 e. The quantitative estimate of drug-likeness (QED) is 0.701. The summed E-state index contributed by atoms with van der Waals surface area (Å²) < 4.78 is 0. The average Bonchev–Trinajstić information content (AvgIpc) is 3.41. The molecule has 0 atom stereocenters. The number of amides is 2. The van der Waals surface area contributed by atoms with E-state index in [9.17, 15) is 9.59 Å². The zero-order valence-corrected chi connectivity index (χ0v) is 16.5. The van der Waals surface area contributed by atoms with Crippen LogP contribution < -0.4 is 10.2 Å². The molecule has 1 fully saturated rings. The van der Waals surface area contributed by atoms with Crippen molar-refractivity contribution >= 4 is 40.2 Å². The fourth-order valence-corrected chi connectivity index (χ4v) is 4.79. The van der Waals surface area contributed by atoms with Crippen molar-refractivity contribution in [3.8, 4) is 10.6 Å². The maximum Gasteiger partial charge on any atom is 0.263 e. The molecule has 0 radical (unpaired) electrons. The molecule has 1 aliphatic heterocycles.